The van der Waals surface area contributed by atoms with Gasteiger partial charge in [0.15, 0.2) is 12.6 Å². The van der Waals surface area contributed by atoms with Gasteiger partial charge in [-0.2, -0.15) is 13.2 Å². The van der Waals surface area contributed by atoms with Gasteiger partial charge in [0.25, 0.3) is 0 Å². The van der Waals surface area contributed by atoms with Gasteiger partial charge in [0.1, 0.15) is 5.75 Å². The summed E-state index contributed by atoms with van der Waals surface area (Å²) in [5.41, 5.74) is 2.37. The summed E-state index contributed by atoms with van der Waals surface area (Å²) in [6.45, 7) is 3.33. The van der Waals surface area contributed by atoms with Crippen LogP contribution in [0.4, 0.5) is 13.2 Å². The summed E-state index contributed by atoms with van der Waals surface area (Å²) in [4.78, 5) is 8.60. The van der Waals surface area contributed by atoms with Crippen molar-refractivity contribution in [3.63, 3.8) is 0 Å². The molecule has 0 bridgehead atoms. The number of hydrogen-bond acceptors (Lipinski definition) is 4. The summed E-state index contributed by atoms with van der Waals surface area (Å²) in [5.74, 6) is 0.741. The van der Waals surface area contributed by atoms with Crippen LogP contribution in [0.25, 0.3) is 0 Å². The molecule has 0 spiro atoms. The molecule has 0 unspecified atom stereocenters. The Hall–Kier alpha value is -2.29. The molecule has 2 N–H and O–H groups in total. The van der Waals surface area contributed by atoms with Crippen LogP contribution in [0, 0.1) is 6.92 Å². The van der Waals surface area contributed by atoms with Gasteiger partial charge in [0.2, 0.25) is 0 Å². The predicted molar refractivity (Wildman–Crippen MR) is 101 cm³/mol. The number of thiazole rings is 1. The predicted octanol–water partition coefficient (Wildman–Crippen LogP) is 3.82. The second kappa shape index (κ2) is 9.59. The minimum Gasteiger partial charge on any atom is -0.484 e. The lowest BCUT2D eigenvalue weighted by molar-refractivity contribution is -0.153. The number of alkyl halides is 3. The zero-order chi connectivity index (χ0) is 19.9. The average molecular weight is 400 g/mol. The Morgan fingerprint density at radius 3 is 2.63 bits per heavy atom. The molecule has 1 aromatic carbocycles. The molecule has 0 amide bonds. The van der Waals surface area contributed by atoms with Crippen molar-refractivity contribution >= 4 is 17.3 Å². The van der Waals surface area contributed by atoms with Crippen LogP contribution >= 0.6 is 11.3 Å². The topological polar surface area (TPSA) is 58.5 Å². The molecule has 0 aliphatic carbocycles. The first kappa shape index (κ1) is 21.0. The number of aliphatic imine (C=N–C) groups is 1. The largest absolute Gasteiger partial charge is 0.484 e. The minimum atomic E-state index is -4.38. The van der Waals surface area contributed by atoms with Crippen LogP contribution in [0.3, 0.4) is 0 Å². The number of aryl methyl sites for hydroxylation is 2. The fraction of sp³-hybridized carbons (Fsp3) is 0.444. The van der Waals surface area contributed by atoms with Gasteiger partial charge in [-0.25, -0.2) is 4.98 Å². The van der Waals surface area contributed by atoms with E-state index in [-0.39, 0.29) is 12.3 Å². The van der Waals surface area contributed by atoms with E-state index in [1.165, 1.54) is 0 Å². The maximum atomic E-state index is 12.5. The maximum absolute atomic E-state index is 12.5. The second-order valence-corrected chi connectivity index (χ2v) is 6.82. The molecule has 5 nitrogen and oxygen atoms in total. The van der Waals surface area contributed by atoms with E-state index in [1.54, 1.807) is 37.4 Å². The first-order valence-corrected chi connectivity index (χ1v) is 9.35. The molecule has 2 aromatic rings. The van der Waals surface area contributed by atoms with Crippen LogP contribution in [-0.2, 0) is 19.5 Å². The monoisotopic (exact) mass is 400 g/mol. The second-order valence-electron chi connectivity index (χ2n) is 5.88. The molecule has 2 rings (SSSR count). The van der Waals surface area contributed by atoms with Gasteiger partial charge in [0.05, 0.1) is 17.2 Å². The Kier molecular flexibility index (Phi) is 7.46. The van der Waals surface area contributed by atoms with E-state index >= 15 is 0 Å². The van der Waals surface area contributed by atoms with Crippen LogP contribution in [0.5, 0.6) is 5.75 Å². The molecule has 1 heterocycles. The van der Waals surface area contributed by atoms with E-state index in [2.05, 4.69) is 27.5 Å². The van der Waals surface area contributed by atoms with Gasteiger partial charge in [-0.3, -0.25) is 4.99 Å². The molecule has 0 saturated carbocycles. The number of nitrogens with zero attached hydrogens (tertiary/aromatic N) is 2. The van der Waals surface area contributed by atoms with Crippen LogP contribution in [0.15, 0.2) is 28.6 Å². The number of halogens is 3. The van der Waals surface area contributed by atoms with E-state index < -0.39 is 12.8 Å². The summed E-state index contributed by atoms with van der Waals surface area (Å²) in [7, 11) is 1.63. The molecule has 0 aliphatic rings. The van der Waals surface area contributed by atoms with Gasteiger partial charge in [-0.1, -0.05) is 19.1 Å². The zero-order valence-corrected chi connectivity index (χ0v) is 16.3. The zero-order valence-electron chi connectivity index (χ0n) is 15.5. The fourth-order valence-corrected chi connectivity index (χ4v) is 3.01. The molecule has 0 aliphatic heterocycles. The Balaban J connectivity index is 1.95. The van der Waals surface area contributed by atoms with E-state index in [9.17, 15) is 13.2 Å². The maximum Gasteiger partial charge on any atom is 0.422 e. The number of nitrogens with one attached hydrogen (secondary N) is 2. The van der Waals surface area contributed by atoms with Crippen molar-refractivity contribution in [2.45, 2.75) is 39.5 Å². The van der Waals surface area contributed by atoms with Crippen LogP contribution in [0.1, 0.15) is 28.8 Å². The number of aromatic nitrogens is 1. The number of rotatable bonds is 7. The molecular formula is C18H23F3N4OS. The van der Waals surface area contributed by atoms with Crippen molar-refractivity contribution in [2.24, 2.45) is 4.99 Å². The molecule has 0 atom stereocenters. The van der Waals surface area contributed by atoms with Gasteiger partial charge < -0.3 is 15.4 Å². The Labute approximate surface area is 160 Å². The number of benzene rings is 1. The third kappa shape index (κ3) is 7.09. The van der Waals surface area contributed by atoms with Gasteiger partial charge in [0, 0.05) is 24.5 Å². The number of hydrogen-bond donors (Lipinski definition) is 2. The van der Waals surface area contributed by atoms with E-state index in [0.29, 0.717) is 18.1 Å². The average Bonchev–Trinajstić information content (AvgIpc) is 3.08. The SMILES string of the molecule is CCc1nc(CNC(=NC)NCc2ccc(C)cc2OCC(F)(F)F)cs1. The molecular weight excluding hydrogens is 377 g/mol. The summed E-state index contributed by atoms with van der Waals surface area (Å²) in [5, 5.41) is 9.29. The smallest absolute Gasteiger partial charge is 0.422 e. The fourth-order valence-electron chi connectivity index (χ4n) is 2.27. The molecule has 27 heavy (non-hydrogen) atoms. The summed E-state index contributed by atoms with van der Waals surface area (Å²) >= 11 is 1.61. The van der Waals surface area contributed by atoms with E-state index in [4.69, 9.17) is 4.74 Å². The Morgan fingerprint density at radius 1 is 1.26 bits per heavy atom. The van der Waals surface area contributed by atoms with Crippen LogP contribution in [-0.4, -0.2) is 30.8 Å². The molecule has 0 radical (unpaired) electrons. The molecule has 0 fully saturated rings. The van der Waals surface area contributed by atoms with Gasteiger partial charge >= 0.3 is 6.18 Å². The van der Waals surface area contributed by atoms with Crippen LogP contribution in [0.2, 0.25) is 0 Å². The summed E-state index contributed by atoms with van der Waals surface area (Å²) < 4.78 is 42.3. The van der Waals surface area contributed by atoms with Gasteiger partial charge in [-0.05, 0) is 25.0 Å². The molecule has 9 heteroatoms. The van der Waals surface area contributed by atoms with Crippen LogP contribution < -0.4 is 15.4 Å². The quantitative estimate of drug-likeness (QED) is 0.548. The number of guanidine groups is 1. The highest BCUT2D eigenvalue weighted by atomic mass is 32.1. The van der Waals surface area contributed by atoms with E-state index in [1.807, 2.05) is 11.4 Å². The summed E-state index contributed by atoms with van der Waals surface area (Å²) in [6.07, 6.45) is -3.48. The third-order valence-corrected chi connectivity index (χ3v) is 4.66. The number of ether oxygens (including phenoxy) is 1. The Morgan fingerprint density at radius 2 is 2.00 bits per heavy atom. The van der Waals surface area contributed by atoms with Crippen molar-refractivity contribution in [3.05, 3.63) is 45.4 Å². The molecule has 1 aromatic heterocycles. The minimum absolute atomic E-state index is 0.211. The normalized spacial score (nSPS) is 12.1. The van der Waals surface area contributed by atoms with Crippen molar-refractivity contribution in [3.8, 4) is 5.75 Å². The van der Waals surface area contributed by atoms with Crippen molar-refractivity contribution in [2.75, 3.05) is 13.7 Å². The molecule has 0 saturated heterocycles. The first-order valence-electron chi connectivity index (χ1n) is 8.47. The van der Waals surface area contributed by atoms with Crippen molar-refractivity contribution in [1.82, 2.24) is 15.6 Å². The first-order chi connectivity index (χ1) is 12.8. The highest BCUT2D eigenvalue weighted by Gasteiger charge is 2.28. The van der Waals surface area contributed by atoms with E-state index in [0.717, 1.165) is 22.7 Å². The van der Waals surface area contributed by atoms with Crippen molar-refractivity contribution in [1.29, 1.82) is 0 Å². The van der Waals surface area contributed by atoms with Gasteiger partial charge in [-0.15, -0.1) is 11.3 Å². The summed E-state index contributed by atoms with van der Waals surface area (Å²) in [6, 6.07) is 5.17. The Bertz CT molecular complexity index is 774. The van der Waals surface area contributed by atoms with Crippen molar-refractivity contribution < 1.29 is 17.9 Å². The lowest BCUT2D eigenvalue weighted by atomic mass is 10.1. The highest BCUT2D eigenvalue weighted by Crippen LogP contribution is 2.23. The lowest BCUT2D eigenvalue weighted by Crippen LogP contribution is -2.36. The standard InChI is InChI=1S/C18H23F3N4OS/c1-4-16-25-14(10-27-16)9-24-17(22-3)23-8-13-6-5-12(2)7-15(13)26-11-18(19,20)21/h5-7,10H,4,8-9,11H2,1-3H3,(H2,22,23,24). The lowest BCUT2D eigenvalue weighted by Gasteiger charge is -2.16. The third-order valence-electron chi connectivity index (χ3n) is 3.62. The highest BCUT2D eigenvalue weighted by molar-refractivity contribution is 7.09. The molecule has 148 valence electrons.